The molecule has 13 rings (SSSR count). The zero-order valence-corrected chi connectivity index (χ0v) is 40.7. The number of hydrogen-bond acceptors (Lipinski definition) is 3. The van der Waals surface area contributed by atoms with Crippen LogP contribution in [0.1, 0.15) is 238 Å². The molecule has 0 aromatic rings. The Hall–Kier alpha value is -0.120. The molecule has 18 unspecified atom stereocenters. The van der Waals surface area contributed by atoms with Gasteiger partial charge in [-0.25, -0.2) is 0 Å². The maximum atomic E-state index is 7.56. The molecule has 0 radical (unpaired) electrons. The van der Waals surface area contributed by atoms with Crippen molar-refractivity contribution in [3.63, 3.8) is 0 Å². The molecular formula is C60H97NO2. The first-order valence-electron chi connectivity index (χ1n) is 30.3. The second kappa shape index (κ2) is 18.7. The molecule has 0 aromatic heterocycles. The summed E-state index contributed by atoms with van der Waals surface area (Å²) < 4.78 is 14.4. The van der Waals surface area contributed by atoms with E-state index in [1.165, 1.54) is 77.0 Å². The van der Waals surface area contributed by atoms with Gasteiger partial charge in [0.2, 0.25) is 0 Å². The van der Waals surface area contributed by atoms with E-state index in [-0.39, 0.29) is 0 Å². The van der Waals surface area contributed by atoms with E-state index >= 15 is 0 Å². The molecule has 0 spiro atoms. The van der Waals surface area contributed by atoms with Gasteiger partial charge in [0.15, 0.2) is 0 Å². The van der Waals surface area contributed by atoms with Crippen molar-refractivity contribution in [1.82, 2.24) is 4.90 Å². The second-order valence-corrected chi connectivity index (χ2v) is 27.1. The fourth-order valence-corrected chi connectivity index (χ4v) is 22.3. The van der Waals surface area contributed by atoms with Crippen molar-refractivity contribution in [2.75, 3.05) is 0 Å². The van der Waals surface area contributed by atoms with Crippen molar-refractivity contribution in [1.29, 1.82) is 0 Å². The van der Waals surface area contributed by atoms with Crippen LogP contribution >= 0.6 is 0 Å². The van der Waals surface area contributed by atoms with Gasteiger partial charge in [0.25, 0.3) is 0 Å². The van der Waals surface area contributed by atoms with Crippen LogP contribution in [0.2, 0.25) is 0 Å². The molecule has 18 atom stereocenters. The highest BCUT2D eigenvalue weighted by Gasteiger charge is 2.61. The molecule has 0 bridgehead atoms. The van der Waals surface area contributed by atoms with Crippen LogP contribution in [0.3, 0.4) is 0 Å². The molecule has 2 saturated heterocycles. The summed E-state index contributed by atoms with van der Waals surface area (Å²) in [5.41, 5.74) is 0. The van der Waals surface area contributed by atoms with Gasteiger partial charge in [-0.1, -0.05) is 83.5 Å². The maximum Gasteiger partial charge on any atom is 0.0667 e. The van der Waals surface area contributed by atoms with Crippen LogP contribution in [0.15, 0.2) is 0 Å². The van der Waals surface area contributed by atoms with Gasteiger partial charge in [0.05, 0.1) is 24.4 Å². The molecule has 13 aliphatic rings. The van der Waals surface area contributed by atoms with Gasteiger partial charge in [-0.15, -0.1) is 0 Å². The minimum atomic E-state index is 0.526. The van der Waals surface area contributed by atoms with E-state index in [0.717, 1.165) is 113 Å². The summed E-state index contributed by atoms with van der Waals surface area (Å²) in [6, 6.07) is 2.73. The van der Waals surface area contributed by atoms with Crippen LogP contribution in [0.4, 0.5) is 0 Å². The van der Waals surface area contributed by atoms with E-state index in [4.69, 9.17) is 9.47 Å². The van der Waals surface area contributed by atoms with Crippen molar-refractivity contribution >= 4 is 0 Å². The number of rotatable bonds is 6. The first-order chi connectivity index (χ1) is 31.2. The monoisotopic (exact) mass is 864 g/mol. The molecular weight excluding hydrogens is 767 g/mol. The van der Waals surface area contributed by atoms with Crippen LogP contribution in [0.25, 0.3) is 0 Å². The van der Waals surface area contributed by atoms with Gasteiger partial charge in [0.1, 0.15) is 0 Å². The van der Waals surface area contributed by atoms with E-state index in [1.54, 1.807) is 161 Å². The molecule has 354 valence electrons. The lowest BCUT2D eigenvalue weighted by Gasteiger charge is -2.56. The van der Waals surface area contributed by atoms with E-state index in [0.29, 0.717) is 24.4 Å². The normalized spacial score (nSPS) is 53.9. The standard InChI is InChI=1S/C60H97NO2/c1-2-10-38(11-3-1)39-22-27-45(28-23-39)61(46-29-24-41(25-30-46)49-16-8-13-40-12-4-5-14-48(40)49)47-31-33-51-44(37-47)21-20-42-36-43(26-32-50(42)51)52-17-9-18-53-54-34-35-57-58(60(54)63-59(52)53)55-15-6-7-19-56(55)62-57/h38-60H,1-37H2. The molecule has 0 aromatic carbocycles. The van der Waals surface area contributed by atoms with E-state index in [1.807, 2.05) is 0 Å². The smallest absolute Gasteiger partial charge is 0.0667 e. The predicted octanol–water partition coefficient (Wildman–Crippen LogP) is 15.4. The molecule has 11 saturated carbocycles. The van der Waals surface area contributed by atoms with Gasteiger partial charge in [-0.2, -0.15) is 0 Å². The lowest BCUT2D eigenvalue weighted by molar-refractivity contribution is -0.0949. The zero-order valence-electron chi connectivity index (χ0n) is 40.7. The summed E-state index contributed by atoms with van der Waals surface area (Å²) in [6.45, 7) is 0. The van der Waals surface area contributed by atoms with Gasteiger partial charge in [-0.05, 0) is 243 Å². The lowest BCUT2D eigenvalue weighted by atomic mass is 9.53. The quantitative estimate of drug-likeness (QED) is 0.266. The highest BCUT2D eigenvalue weighted by molar-refractivity contribution is 5.09. The third-order valence-electron chi connectivity index (χ3n) is 24.9. The molecule has 0 N–H and O–H groups in total. The maximum absolute atomic E-state index is 7.56. The average molecular weight is 864 g/mol. The number of fused-ring (bicyclic) bond motifs is 11. The Kier molecular flexibility index (Phi) is 12.7. The second-order valence-electron chi connectivity index (χ2n) is 27.1. The first-order valence-corrected chi connectivity index (χ1v) is 30.3. The minimum absolute atomic E-state index is 0.526. The molecule has 3 heteroatoms. The van der Waals surface area contributed by atoms with E-state index in [2.05, 4.69) is 4.90 Å². The molecule has 13 fully saturated rings. The third kappa shape index (κ3) is 8.06. The van der Waals surface area contributed by atoms with Crippen LogP contribution in [-0.4, -0.2) is 47.4 Å². The van der Waals surface area contributed by atoms with Crippen molar-refractivity contribution in [2.24, 2.45) is 94.7 Å². The fraction of sp³-hybridized carbons (Fsp3) is 1.00. The first kappa shape index (κ1) is 42.9. The fourth-order valence-electron chi connectivity index (χ4n) is 22.3. The number of hydrogen-bond donors (Lipinski definition) is 0. The van der Waals surface area contributed by atoms with Gasteiger partial charge >= 0.3 is 0 Å². The van der Waals surface area contributed by atoms with Crippen molar-refractivity contribution in [3.8, 4) is 0 Å². The Labute approximate surface area is 387 Å². The van der Waals surface area contributed by atoms with Crippen molar-refractivity contribution in [2.45, 2.75) is 280 Å². The van der Waals surface area contributed by atoms with Gasteiger partial charge in [-0.3, -0.25) is 4.90 Å². The SMILES string of the molecule is C1CCC(C2CCC(N(C3CCC(C4CCCC5CCCCC54)CC3)C3CCC4C(CCC5CC(C6CCCC7C8CCC9OC%10CCCCC%10C9C8OC67)CCC54)C3)CC2)CC1. The molecule has 11 aliphatic carbocycles. The highest BCUT2D eigenvalue weighted by Crippen LogP contribution is 2.61. The minimum Gasteiger partial charge on any atom is -0.374 e. The molecule has 63 heavy (non-hydrogen) atoms. The number of ether oxygens (including phenoxy) is 2. The summed E-state index contributed by atoms with van der Waals surface area (Å²) in [7, 11) is 0. The topological polar surface area (TPSA) is 21.7 Å². The van der Waals surface area contributed by atoms with Crippen LogP contribution in [-0.2, 0) is 9.47 Å². The van der Waals surface area contributed by atoms with E-state index < -0.39 is 0 Å². The average Bonchev–Trinajstić information content (AvgIpc) is 3.93. The van der Waals surface area contributed by atoms with Crippen molar-refractivity contribution in [3.05, 3.63) is 0 Å². The predicted molar refractivity (Wildman–Crippen MR) is 257 cm³/mol. The van der Waals surface area contributed by atoms with Crippen molar-refractivity contribution < 1.29 is 9.47 Å². The summed E-state index contributed by atoms with van der Waals surface area (Å²) >= 11 is 0. The molecule has 3 nitrogen and oxygen atoms in total. The Morgan fingerprint density at radius 2 is 0.698 bits per heavy atom. The molecule has 2 aliphatic heterocycles. The zero-order chi connectivity index (χ0) is 41.4. The summed E-state index contributed by atoms with van der Waals surface area (Å²) in [5.74, 6) is 15.8. The Morgan fingerprint density at radius 1 is 0.238 bits per heavy atom. The third-order valence-corrected chi connectivity index (χ3v) is 24.9. The Balaban J connectivity index is 0.662. The summed E-state index contributed by atoms with van der Waals surface area (Å²) in [5, 5.41) is 0. The van der Waals surface area contributed by atoms with E-state index in [9.17, 15) is 0 Å². The van der Waals surface area contributed by atoms with Gasteiger partial charge < -0.3 is 9.47 Å². The van der Waals surface area contributed by atoms with Crippen LogP contribution in [0, 0.1) is 94.7 Å². The Morgan fingerprint density at radius 3 is 1.51 bits per heavy atom. The number of nitrogens with zero attached hydrogens (tertiary/aromatic N) is 1. The molecule has 2 heterocycles. The Bertz CT molecular complexity index is 1500. The van der Waals surface area contributed by atoms with Gasteiger partial charge in [0, 0.05) is 24.0 Å². The summed E-state index contributed by atoms with van der Waals surface area (Å²) in [6.07, 6.45) is 58.8. The summed E-state index contributed by atoms with van der Waals surface area (Å²) in [4.78, 5) is 3.41. The largest absolute Gasteiger partial charge is 0.374 e. The molecule has 0 amide bonds. The highest BCUT2D eigenvalue weighted by atomic mass is 16.5. The van der Waals surface area contributed by atoms with Crippen LogP contribution < -0.4 is 0 Å². The van der Waals surface area contributed by atoms with Crippen LogP contribution in [0.5, 0.6) is 0 Å². The lowest BCUT2D eigenvalue weighted by Crippen LogP contribution is -2.55.